The Kier molecular flexibility index (Phi) is 4.69. The molecule has 3 aliphatic rings. The van der Waals surface area contributed by atoms with Crippen molar-refractivity contribution in [2.24, 2.45) is 4.99 Å². The number of aryl methyl sites for hydroxylation is 1. The molecule has 4 aromatic rings. The van der Waals surface area contributed by atoms with Crippen LogP contribution in [-0.2, 0) is 6.42 Å². The van der Waals surface area contributed by atoms with E-state index in [0.717, 1.165) is 33.4 Å². The molecule has 5 nitrogen and oxygen atoms in total. The summed E-state index contributed by atoms with van der Waals surface area (Å²) in [5.74, 6) is 1.39. The number of aromatic nitrogens is 1. The van der Waals surface area contributed by atoms with E-state index in [2.05, 4.69) is 57.7 Å². The standard InChI is InChI=1S/C26H17BrN2O3S2/c27-18-12-20-19(31-13-32-20)10-15(18)11-22-25(30)29-24(21-6-3-9-33-21)17-8-7-14-4-1-2-5-16(14)23(17)28-26(29)34-22/h1-6,9-12,24H,7-8,13H2. The Labute approximate surface area is 211 Å². The molecule has 4 heterocycles. The first-order chi connectivity index (χ1) is 16.7. The highest BCUT2D eigenvalue weighted by molar-refractivity contribution is 9.10. The number of allylic oxidation sites excluding steroid dienone is 1. The monoisotopic (exact) mass is 548 g/mol. The number of rotatable bonds is 2. The van der Waals surface area contributed by atoms with Crippen molar-refractivity contribution in [1.82, 2.24) is 4.57 Å². The van der Waals surface area contributed by atoms with Crippen molar-refractivity contribution in [3.8, 4) is 11.5 Å². The Hall–Kier alpha value is -2.94. The van der Waals surface area contributed by atoms with E-state index < -0.39 is 0 Å². The predicted molar refractivity (Wildman–Crippen MR) is 137 cm³/mol. The Balaban J connectivity index is 1.47. The summed E-state index contributed by atoms with van der Waals surface area (Å²) in [6, 6.07) is 16.3. The summed E-state index contributed by atoms with van der Waals surface area (Å²) < 4.78 is 14.4. The minimum Gasteiger partial charge on any atom is -0.454 e. The van der Waals surface area contributed by atoms with Crippen LogP contribution in [0, 0.1) is 0 Å². The van der Waals surface area contributed by atoms with Gasteiger partial charge in [-0.3, -0.25) is 9.36 Å². The summed E-state index contributed by atoms with van der Waals surface area (Å²) in [6.07, 6.45) is 3.77. The first kappa shape index (κ1) is 20.4. The van der Waals surface area contributed by atoms with E-state index >= 15 is 0 Å². The summed E-state index contributed by atoms with van der Waals surface area (Å²) in [5, 5.41) is 2.08. The number of hydrogen-bond donors (Lipinski definition) is 0. The van der Waals surface area contributed by atoms with Gasteiger partial charge in [0, 0.05) is 14.9 Å². The Bertz CT molecular complexity index is 1680. The number of nitrogens with zero attached hydrogens (tertiary/aromatic N) is 2. The highest BCUT2D eigenvalue weighted by Crippen LogP contribution is 2.42. The van der Waals surface area contributed by atoms with Crippen molar-refractivity contribution < 1.29 is 9.47 Å². The van der Waals surface area contributed by atoms with E-state index in [9.17, 15) is 4.79 Å². The molecule has 0 N–H and O–H groups in total. The van der Waals surface area contributed by atoms with Crippen LogP contribution in [0.3, 0.4) is 0 Å². The Morgan fingerprint density at radius 1 is 1.09 bits per heavy atom. The van der Waals surface area contributed by atoms with Crippen LogP contribution in [0.5, 0.6) is 11.5 Å². The second-order valence-corrected chi connectivity index (χ2v) is 11.2. The van der Waals surface area contributed by atoms with Crippen LogP contribution in [0.25, 0.3) is 11.8 Å². The van der Waals surface area contributed by atoms with Gasteiger partial charge in [0.15, 0.2) is 16.3 Å². The van der Waals surface area contributed by atoms with E-state index in [1.807, 2.05) is 22.8 Å². The average molecular weight is 549 g/mol. The predicted octanol–water partition coefficient (Wildman–Crippen LogP) is 4.87. The van der Waals surface area contributed by atoms with Crippen LogP contribution in [0.2, 0.25) is 0 Å². The molecule has 0 bridgehead atoms. The molecule has 0 amide bonds. The number of benzene rings is 2. The maximum Gasteiger partial charge on any atom is 0.271 e. The lowest BCUT2D eigenvalue weighted by molar-refractivity contribution is 0.174. The van der Waals surface area contributed by atoms with Crippen molar-refractivity contribution >= 4 is 50.4 Å². The van der Waals surface area contributed by atoms with Gasteiger partial charge in [-0.2, -0.15) is 0 Å². The van der Waals surface area contributed by atoms with Gasteiger partial charge in [-0.15, -0.1) is 11.3 Å². The third kappa shape index (κ3) is 3.09. The summed E-state index contributed by atoms with van der Waals surface area (Å²) in [7, 11) is 0. The number of fused-ring (bicyclic) bond motifs is 4. The summed E-state index contributed by atoms with van der Waals surface area (Å²) in [5.41, 5.74) is 5.61. The van der Waals surface area contributed by atoms with Crippen LogP contribution in [0.15, 0.2) is 73.7 Å². The number of thiazole rings is 1. The zero-order valence-corrected chi connectivity index (χ0v) is 21.0. The van der Waals surface area contributed by atoms with Gasteiger partial charge in [-0.1, -0.05) is 57.6 Å². The lowest BCUT2D eigenvalue weighted by atomic mass is 9.85. The maximum absolute atomic E-state index is 13.8. The van der Waals surface area contributed by atoms with E-state index in [-0.39, 0.29) is 18.4 Å². The molecule has 2 aliphatic heterocycles. The molecule has 0 spiro atoms. The summed E-state index contributed by atoms with van der Waals surface area (Å²) in [4.78, 5) is 20.7. The smallest absolute Gasteiger partial charge is 0.271 e. The second-order valence-electron chi connectivity index (χ2n) is 8.36. The van der Waals surface area contributed by atoms with Crippen molar-refractivity contribution in [3.05, 3.63) is 105 Å². The van der Waals surface area contributed by atoms with Gasteiger partial charge < -0.3 is 9.47 Å². The van der Waals surface area contributed by atoms with Gasteiger partial charge in [0.05, 0.1) is 16.3 Å². The number of ether oxygens (including phenoxy) is 2. The number of halogens is 1. The largest absolute Gasteiger partial charge is 0.454 e. The van der Waals surface area contributed by atoms with Crippen molar-refractivity contribution in [2.75, 3.05) is 6.79 Å². The van der Waals surface area contributed by atoms with E-state index in [1.54, 1.807) is 11.3 Å². The SMILES string of the molecule is O=c1c(=Cc2cc3c(cc2Br)OCO3)sc2n1C(c1cccs1)C1=C(N=2)c2ccccc2CC1. The first-order valence-corrected chi connectivity index (χ1v) is 13.4. The van der Waals surface area contributed by atoms with Gasteiger partial charge in [0.25, 0.3) is 5.56 Å². The minimum absolute atomic E-state index is 0.0166. The van der Waals surface area contributed by atoms with Crippen molar-refractivity contribution in [1.29, 1.82) is 0 Å². The number of hydrogen-bond acceptors (Lipinski definition) is 6. The third-order valence-corrected chi connectivity index (χ3v) is 9.06. The molecular weight excluding hydrogens is 532 g/mol. The molecular formula is C26H17BrN2O3S2. The molecule has 2 aromatic heterocycles. The fourth-order valence-corrected chi connectivity index (χ4v) is 7.18. The van der Waals surface area contributed by atoms with Crippen LogP contribution in [-0.4, -0.2) is 11.4 Å². The molecule has 0 fully saturated rings. The van der Waals surface area contributed by atoms with Crippen LogP contribution in [0.1, 0.15) is 34.0 Å². The van der Waals surface area contributed by atoms with Gasteiger partial charge in [0.1, 0.15) is 0 Å². The third-order valence-electron chi connectivity index (χ3n) is 6.46. The zero-order chi connectivity index (χ0) is 22.8. The summed E-state index contributed by atoms with van der Waals surface area (Å²) in [6.45, 7) is 0.210. The minimum atomic E-state index is -0.123. The van der Waals surface area contributed by atoms with Crippen LogP contribution < -0.4 is 24.4 Å². The molecule has 1 unspecified atom stereocenters. The average Bonchev–Trinajstić information content (AvgIpc) is 3.60. The highest BCUT2D eigenvalue weighted by Gasteiger charge is 2.33. The van der Waals surface area contributed by atoms with Crippen LogP contribution >= 0.6 is 38.6 Å². The maximum atomic E-state index is 13.8. The van der Waals surface area contributed by atoms with Crippen molar-refractivity contribution in [2.45, 2.75) is 18.9 Å². The normalized spacial score (nSPS) is 18.4. The Morgan fingerprint density at radius 2 is 1.94 bits per heavy atom. The Morgan fingerprint density at radius 3 is 2.79 bits per heavy atom. The van der Waals surface area contributed by atoms with Gasteiger partial charge in [-0.05, 0) is 59.2 Å². The molecule has 8 heteroatoms. The molecule has 7 rings (SSSR count). The van der Waals surface area contributed by atoms with E-state index in [1.165, 1.54) is 32.9 Å². The van der Waals surface area contributed by atoms with Crippen LogP contribution in [0.4, 0.5) is 0 Å². The molecule has 0 saturated carbocycles. The van der Waals surface area contributed by atoms with Gasteiger partial charge in [0.2, 0.25) is 6.79 Å². The molecule has 34 heavy (non-hydrogen) atoms. The highest BCUT2D eigenvalue weighted by atomic mass is 79.9. The fraction of sp³-hybridized carbons (Fsp3) is 0.154. The molecule has 2 aromatic carbocycles. The van der Waals surface area contributed by atoms with E-state index in [4.69, 9.17) is 14.5 Å². The van der Waals surface area contributed by atoms with Gasteiger partial charge >= 0.3 is 0 Å². The lowest BCUT2D eigenvalue weighted by Crippen LogP contribution is -2.38. The molecule has 0 saturated heterocycles. The van der Waals surface area contributed by atoms with E-state index in [0.29, 0.717) is 16.0 Å². The van der Waals surface area contributed by atoms with Crippen molar-refractivity contribution in [3.63, 3.8) is 0 Å². The zero-order valence-electron chi connectivity index (χ0n) is 17.8. The lowest BCUT2D eigenvalue weighted by Gasteiger charge is -2.30. The molecule has 1 atom stereocenters. The molecule has 168 valence electrons. The fourth-order valence-electron chi connectivity index (χ4n) is 4.90. The number of thiophene rings is 1. The second kappa shape index (κ2) is 7.80. The quantitative estimate of drug-likeness (QED) is 0.359. The molecule has 0 radical (unpaired) electrons. The summed E-state index contributed by atoms with van der Waals surface area (Å²) >= 11 is 6.74. The first-order valence-electron chi connectivity index (χ1n) is 10.9. The topological polar surface area (TPSA) is 52.8 Å². The molecule has 1 aliphatic carbocycles. The van der Waals surface area contributed by atoms with Gasteiger partial charge in [-0.25, -0.2) is 4.99 Å².